The van der Waals surface area contributed by atoms with E-state index in [-0.39, 0.29) is 5.54 Å². The Bertz CT molecular complexity index is 407. The molecule has 3 nitrogen and oxygen atoms in total. The van der Waals surface area contributed by atoms with E-state index in [9.17, 15) is 0 Å². The van der Waals surface area contributed by atoms with Gasteiger partial charge in [-0.25, -0.2) is 4.98 Å². The molecule has 0 aliphatic rings. The monoisotopic (exact) mass is 237 g/mol. The predicted molar refractivity (Wildman–Crippen MR) is 66.6 cm³/mol. The van der Waals surface area contributed by atoms with Crippen LogP contribution in [0, 0.1) is 11.3 Å². The van der Waals surface area contributed by atoms with Crippen molar-refractivity contribution in [2.75, 3.05) is 5.32 Å². The summed E-state index contributed by atoms with van der Waals surface area (Å²) in [5, 5.41) is 12.5. The third-order valence-electron chi connectivity index (χ3n) is 2.26. The highest BCUT2D eigenvalue weighted by Gasteiger charge is 2.16. The van der Waals surface area contributed by atoms with Crippen LogP contribution in [0.25, 0.3) is 0 Å². The van der Waals surface area contributed by atoms with Gasteiger partial charge in [-0.05, 0) is 32.4 Å². The van der Waals surface area contributed by atoms with E-state index in [0.29, 0.717) is 16.5 Å². The van der Waals surface area contributed by atoms with Crippen LogP contribution in [0.15, 0.2) is 12.1 Å². The van der Waals surface area contributed by atoms with Gasteiger partial charge in [-0.2, -0.15) is 5.26 Å². The van der Waals surface area contributed by atoms with Crippen LogP contribution >= 0.6 is 11.6 Å². The Kier molecular flexibility index (Phi) is 4.14. The van der Waals surface area contributed by atoms with Gasteiger partial charge in [0.05, 0.1) is 11.6 Å². The van der Waals surface area contributed by atoms with Crippen LogP contribution in [0.5, 0.6) is 0 Å². The van der Waals surface area contributed by atoms with E-state index < -0.39 is 0 Å². The summed E-state index contributed by atoms with van der Waals surface area (Å²) in [7, 11) is 0. The van der Waals surface area contributed by atoms with Crippen molar-refractivity contribution in [3.05, 3.63) is 22.8 Å². The number of anilines is 1. The van der Waals surface area contributed by atoms with Crippen molar-refractivity contribution in [1.29, 1.82) is 5.26 Å². The van der Waals surface area contributed by atoms with Crippen molar-refractivity contribution in [2.45, 2.75) is 39.2 Å². The van der Waals surface area contributed by atoms with E-state index in [1.165, 1.54) is 0 Å². The molecule has 0 amide bonds. The first kappa shape index (κ1) is 12.8. The molecule has 1 aromatic rings. The Morgan fingerprint density at radius 3 is 2.75 bits per heavy atom. The fourth-order valence-corrected chi connectivity index (χ4v) is 1.87. The highest BCUT2D eigenvalue weighted by atomic mass is 35.5. The maximum atomic E-state index is 8.82. The molecule has 0 aromatic carbocycles. The Hall–Kier alpha value is -1.27. The number of rotatable bonds is 4. The van der Waals surface area contributed by atoms with Gasteiger partial charge in [0.2, 0.25) is 0 Å². The molecule has 0 unspecified atom stereocenters. The normalized spacial score (nSPS) is 10.9. The van der Waals surface area contributed by atoms with Crippen LogP contribution < -0.4 is 5.32 Å². The molecule has 0 bridgehead atoms. The summed E-state index contributed by atoms with van der Waals surface area (Å²) in [6.07, 6.45) is 2.12. The predicted octanol–water partition coefficient (Wildman–Crippen LogP) is 3.60. The van der Waals surface area contributed by atoms with Gasteiger partial charge in [-0.15, -0.1) is 0 Å². The minimum Gasteiger partial charge on any atom is -0.365 e. The standard InChI is InChI=1S/C12H16ClN3/c1-4-5-12(2,3)16-11-7-9(8-14)6-10(13)15-11/h6-7H,4-5H2,1-3H3,(H,15,16). The second-order valence-electron chi connectivity index (χ2n) is 4.43. The van der Waals surface area contributed by atoms with Crippen LogP contribution in [-0.2, 0) is 0 Å². The summed E-state index contributed by atoms with van der Waals surface area (Å²) in [6, 6.07) is 5.33. The Balaban J connectivity index is 2.89. The Morgan fingerprint density at radius 1 is 1.50 bits per heavy atom. The molecule has 1 aromatic heterocycles. The number of hydrogen-bond donors (Lipinski definition) is 1. The molecule has 0 aliphatic carbocycles. The third-order valence-corrected chi connectivity index (χ3v) is 2.46. The zero-order valence-electron chi connectivity index (χ0n) is 9.84. The van der Waals surface area contributed by atoms with Gasteiger partial charge in [0.15, 0.2) is 0 Å². The van der Waals surface area contributed by atoms with Crippen LogP contribution in [-0.4, -0.2) is 10.5 Å². The number of halogens is 1. The molecule has 0 fully saturated rings. The summed E-state index contributed by atoms with van der Waals surface area (Å²) < 4.78 is 0. The summed E-state index contributed by atoms with van der Waals surface area (Å²) in [4.78, 5) is 4.15. The molecule has 0 saturated heterocycles. The van der Waals surface area contributed by atoms with Crippen molar-refractivity contribution >= 4 is 17.4 Å². The average Bonchev–Trinajstić information content (AvgIpc) is 2.15. The molecule has 0 radical (unpaired) electrons. The SMILES string of the molecule is CCCC(C)(C)Nc1cc(C#N)cc(Cl)n1. The first-order chi connectivity index (χ1) is 7.46. The minimum absolute atomic E-state index is 0.0425. The highest BCUT2D eigenvalue weighted by molar-refractivity contribution is 6.29. The molecule has 0 saturated carbocycles. The van der Waals surface area contributed by atoms with Gasteiger partial charge in [0, 0.05) is 5.54 Å². The Morgan fingerprint density at radius 2 is 2.19 bits per heavy atom. The second-order valence-corrected chi connectivity index (χ2v) is 4.82. The lowest BCUT2D eigenvalue weighted by Gasteiger charge is -2.26. The minimum atomic E-state index is -0.0425. The lowest BCUT2D eigenvalue weighted by Crippen LogP contribution is -2.30. The smallest absolute Gasteiger partial charge is 0.132 e. The van der Waals surface area contributed by atoms with Crippen molar-refractivity contribution in [2.24, 2.45) is 0 Å². The lowest BCUT2D eigenvalue weighted by molar-refractivity contribution is 0.509. The molecular weight excluding hydrogens is 222 g/mol. The van der Waals surface area contributed by atoms with Crippen molar-refractivity contribution < 1.29 is 0 Å². The largest absolute Gasteiger partial charge is 0.365 e. The Labute approximate surface area is 101 Å². The van der Waals surface area contributed by atoms with Crippen LogP contribution in [0.2, 0.25) is 5.15 Å². The van der Waals surface area contributed by atoms with Gasteiger partial charge >= 0.3 is 0 Å². The molecule has 0 spiro atoms. The molecule has 0 aliphatic heterocycles. The first-order valence-electron chi connectivity index (χ1n) is 5.33. The number of pyridine rings is 1. The molecule has 1 rings (SSSR count). The van der Waals surface area contributed by atoms with Crippen LogP contribution in [0.1, 0.15) is 39.2 Å². The van der Waals surface area contributed by atoms with Crippen LogP contribution in [0.3, 0.4) is 0 Å². The fourth-order valence-electron chi connectivity index (χ4n) is 1.66. The lowest BCUT2D eigenvalue weighted by atomic mass is 9.99. The zero-order valence-corrected chi connectivity index (χ0v) is 10.6. The quantitative estimate of drug-likeness (QED) is 0.814. The molecule has 0 atom stereocenters. The molecule has 16 heavy (non-hydrogen) atoms. The van der Waals surface area contributed by atoms with E-state index in [0.717, 1.165) is 12.8 Å². The van der Waals surface area contributed by atoms with Gasteiger partial charge < -0.3 is 5.32 Å². The van der Waals surface area contributed by atoms with Gasteiger partial charge in [-0.3, -0.25) is 0 Å². The molecular formula is C12H16ClN3. The summed E-state index contributed by atoms with van der Waals surface area (Å²) in [5.41, 5.74) is 0.480. The maximum absolute atomic E-state index is 8.82. The molecule has 1 heterocycles. The summed E-state index contributed by atoms with van der Waals surface area (Å²) in [5.74, 6) is 0.655. The summed E-state index contributed by atoms with van der Waals surface area (Å²) in [6.45, 7) is 6.34. The number of nitriles is 1. The van der Waals surface area contributed by atoms with E-state index in [4.69, 9.17) is 16.9 Å². The van der Waals surface area contributed by atoms with E-state index in [1.54, 1.807) is 12.1 Å². The zero-order chi connectivity index (χ0) is 12.2. The molecule has 1 N–H and O–H groups in total. The summed E-state index contributed by atoms with van der Waals surface area (Å²) >= 11 is 5.83. The number of aromatic nitrogens is 1. The van der Waals surface area contributed by atoms with Crippen molar-refractivity contribution in [3.63, 3.8) is 0 Å². The van der Waals surface area contributed by atoms with E-state index >= 15 is 0 Å². The van der Waals surface area contributed by atoms with E-state index in [2.05, 4.69) is 37.1 Å². The van der Waals surface area contributed by atoms with Gasteiger partial charge in [0.25, 0.3) is 0 Å². The van der Waals surface area contributed by atoms with Crippen LogP contribution in [0.4, 0.5) is 5.82 Å². The second kappa shape index (κ2) is 5.18. The molecule has 86 valence electrons. The van der Waals surface area contributed by atoms with Gasteiger partial charge in [-0.1, -0.05) is 24.9 Å². The fraction of sp³-hybridized carbons (Fsp3) is 0.500. The first-order valence-corrected chi connectivity index (χ1v) is 5.70. The highest BCUT2D eigenvalue weighted by Crippen LogP contribution is 2.20. The number of hydrogen-bond acceptors (Lipinski definition) is 3. The number of nitrogens with one attached hydrogen (secondary N) is 1. The topological polar surface area (TPSA) is 48.7 Å². The van der Waals surface area contributed by atoms with Gasteiger partial charge in [0.1, 0.15) is 11.0 Å². The third kappa shape index (κ3) is 3.71. The van der Waals surface area contributed by atoms with Crippen molar-refractivity contribution in [3.8, 4) is 6.07 Å². The number of nitrogens with zero attached hydrogens (tertiary/aromatic N) is 2. The van der Waals surface area contributed by atoms with E-state index in [1.807, 2.05) is 0 Å². The molecule has 4 heteroatoms. The average molecular weight is 238 g/mol. The maximum Gasteiger partial charge on any atom is 0.132 e. The van der Waals surface area contributed by atoms with Crippen molar-refractivity contribution in [1.82, 2.24) is 4.98 Å².